The van der Waals surface area contributed by atoms with E-state index in [1.54, 1.807) is 13.0 Å². The summed E-state index contributed by atoms with van der Waals surface area (Å²) in [5.74, 6) is 0. The number of aryl methyl sites for hydroxylation is 2. The molecule has 0 fully saturated rings. The topological polar surface area (TPSA) is 120 Å². The Balaban J connectivity index is 2.01. The maximum absolute atomic E-state index is 13.2. The number of fused-ring (bicyclic) bond motifs is 4. The van der Waals surface area contributed by atoms with Crippen LogP contribution >= 0.6 is 0 Å². The molecule has 5 aromatic rings. The zero-order valence-corrected chi connectivity index (χ0v) is 16.8. The molecule has 5 rings (SSSR count). The van der Waals surface area contributed by atoms with Crippen LogP contribution in [0, 0.1) is 13.8 Å². The SMILES string of the molecule is Cc1c2[nH]c3cccc(C)c3c(=O)c2cc2[nH]c3ccc(S(=O)(=O)O)cc3c(=O)c12. The molecule has 0 saturated heterocycles. The maximum Gasteiger partial charge on any atom is 0.294 e. The van der Waals surface area contributed by atoms with Gasteiger partial charge < -0.3 is 9.97 Å². The standard InChI is InChI=1S/C22H16N2O5S/c1-10-4-3-5-16-18(10)22(26)14-9-17-19(11(2)20(14)24-16)21(25)13-8-12(30(27,28)29)6-7-15(13)23-17/h3-9H,1-2H3,(H,23,25)(H,24,26)(H,27,28,29). The molecule has 2 aromatic heterocycles. The molecular formula is C22H16N2O5S. The van der Waals surface area contributed by atoms with Crippen LogP contribution in [-0.2, 0) is 10.1 Å². The van der Waals surface area contributed by atoms with E-state index in [-0.39, 0.29) is 21.1 Å². The van der Waals surface area contributed by atoms with E-state index in [2.05, 4.69) is 9.97 Å². The van der Waals surface area contributed by atoms with Crippen molar-refractivity contribution >= 4 is 53.7 Å². The summed E-state index contributed by atoms with van der Waals surface area (Å²) in [5, 5.41) is 1.56. The molecule has 0 aliphatic carbocycles. The lowest BCUT2D eigenvalue weighted by atomic mass is 9.99. The van der Waals surface area contributed by atoms with Gasteiger partial charge in [-0.3, -0.25) is 14.1 Å². The predicted octanol–water partition coefficient (Wildman–Crippen LogP) is 3.54. The average molecular weight is 420 g/mol. The third-order valence-electron chi connectivity index (χ3n) is 5.61. The number of aromatic amines is 2. The second-order valence-electron chi connectivity index (χ2n) is 7.43. The van der Waals surface area contributed by atoms with Gasteiger partial charge in [0.25, 0.3) is 10.1 Å². The van der Waals surface area contributed by atoms with E-state index in [4.69, 9.17) is 0 Å². The molecule has 0 aliphatic rings. The molecule has 0 bridgehead atoms. The smallest absolute Gasteiger partial charge is 0.294 e. The highest BCUT2D eigenvalue weighted by atomic mass is 32.2. The van der Waals surface area contributed by atoms with Gasteiger partial charge in [-0.25, -0.2) is 0 Å². The third kappa shape index (κ3) is 2.51. The van der Waals surface area contributed by atoms with Crippen LogP contribution < -0.4 is 10.9 Å². The maximum atomic E-state index is 13.2. The molecule has 8 heteroatoms. The number of aromatic nitrogens is 2. The second-order valence-corrected chi connectivity index (χ2v) is 8.86. The molecule has 30 heavy (non-hydrogen) atoms. The van der Waals surface area contributed by atoms with Gasteiger partial charge in [-0.2, -0.15) is 8.42 Å². The summed E-state index contributed by atoms with van der Waals surface area (Å²) in [6.45, 7) is 3.62. The van der Waals surface area contributed by atoms with Gasteiger partial charge in [-0.1, -0.05) is 12.1 Å². The third-order valence-corrected chi connectivity index (χ3v) is 6.46. The fourth-order valence-corrected chi connectivity index (χ4v) is 4.66. The Labute approximate surface area is 169 Å². The van der Waals surface area contributed by atoms with E-state index in [9.17, 15) is 22.6 Å². The summed E-state index contributed by atoms with van der Waals surface area (Å²) in [4.78, 5) is 32.5. The van der Waals surface area contributed by atoms with Gasteiger partial charge in [-0.15, -0.1) is 0 Å². The van der Waals surface area contributed by atoms with Crippen molar-refractivity contribution in [2.45, 2.75) is 18.7 Å². The molecule has 3 N–H and O–H groups in total. The summed E-state index contributed by atoms with van der Waals surface area (Å²) in [7, 11) is -4.44. The highest BCUT2D eigenvalue weighted by Crippen LogP contribution is 2.27. The van der Waals surface area contributed by atoms with E-state index < -0.39 is 10.1 Å². The Morgan fingerprint density at radius 1 is 0.800 bits per heavy atom. The molecule has 0 unspecified atom stereocenters. The Morgan fingerprint density at radius 2 is 1.53 bits per heavy atom. The lowest BCUT2D eigenvalue weighted by Gasteiger charge is -2.11. The minimum Gasteiger partial charge on any atom is -0.354 e. The van der Waals surface area contributed by atoms with Gasteiger partial charge in [0.15, 0.2) is 10.9 Å². The van der Waals surface area contributed by atoms with Crippen LogP contribution in [0.1, 0.15) is 11.1 Å². The van der Waals surface area contributed by atoms with Gasteiger partial charge in [-0.05, 0) is 55.3 Å². The quantitative estimate of drug-likeness (QED) is 0.283. The van der Waals surface area contributed by atoms with Crippen molar-refractivity contribution in [3.8, 4) is 0 Å². The van der Waals surface area contributed by atoms with E-state index in [1.165, 1.54) is 12.1 Å². The fourth-order valence-electron chi connectivity index (χ4n) is 4.15. The number of hydrogen-bond donors (Lipinski definition) is 3. The van der Waals surface area contributed by atoms with Crippen LogP contribution in [0.2, 0.25) is 0 Å². The predicted molar refractivity (Wildman–Crippen MR) is 117 cm³/mol. The Morgan fingerprint density at radius 3 is 2.27 bits per heavy atom. The molecule has 2 heterocycles. The van der Waals surface area contributed by atoms with Crippen molar-refractivity contribution in [3.05, 3.63) is 74.0 Å². The molecule has 0 spiro atoms. The van der Waals surface area contributed by atoms with E-state index >= 15 is 0 Å². The van der Waals surface area contributed by atoms with Crippen LogP contribution in [-0.4, -0.2) is 22.9 Å². The van der Waals surface area contributed by atoms with Crippen LogP contribution in [0.3, 0.4) is 0 Å². The van der Waals surface area contributed by atoms with Crippen molar-refractivity contribution in [2.24, 2.45) is 0 Å². The number of pyridine rings is 2. The van der Waals surface area contributed by atoms with Gasteiger partial charge in [0.05, 0.1) is 26.8 Å². The highest BCUT2D eigenvalue weighted by Gasteiger charge is 2.17. The van der Waals surface area contributed by atoms with E-state index in [1.807, 2.05) is 25.1 Å². The Bertz CT molecular complexity index is 1780. The minimum absolute atomic E-state index is 0.121. The second kappa shape index (κ2) is 6.01. The van der Waals surface area contributed by atoms with Crippen molar-refractivity contribution in [3.63, 3.8) is 0 Å². The van der Waals surface area contributed by atoms with Gasteiger partial charge in [0.1, 0.15) is 0 Å². The van der Waals surface area contributed by atoms with Crippen molar-refractivity contribution in [1.29, 1.82) is 0 Å². The number of H-pyrrole nitrogens is 2. The molecule has 3 aromatic carbocycles. The Kier molecular flexibility index (Phi) is 3.71. The van der Waals surface area contributed by atoms with Gasteiger partial charge >= 0.3 is 0 Å². The molecule has 0 amide bonds. The first-order valence-corrected chi connectivity index (χ1v) is 10.6. The summed E-state index contributed by atoms with van der Waals surface area (Å²) in [6, 6.07) is 11.0. The van der Waals surface area contributed by atoms with Gasteiger partial charge in [0.2, 0.25) is 0 Å². The largest absolute Gasteiger partial charge is 0.354 e. The summed E-state index contributed by atoms with van der Waals surface area (Å²) in [5.41, 5.74) is 3.07. The van der Waals surface area contributed by atoms with Crippen LogP contribution in [0.25, 0.3) is 43.6 Å². The summed E-state index contributed by atoms with van der Waals surface area (Å²) < 4.78 is 32.3. The minimum atomic E-state index is -4.44. The first kappa shape index (κ1) is 18.5. The number of benzene rings is 3. The van der Waals surface area contributed by atoms with Crippen molar-refractivity contribution in [1.82, 2.24) is 9.97 Å². The first-order valence-electron chi connectivity index (χ1n) is 9.19. The lowest BCUT2D eigenvalue weighted by Crippen LogP contribution is -2.11. The molecule has 150 valence electrons. The first-order chi connectivity index (χ1) is 14.2. The Hall–Kier alpha value is -3.49. The lowest BCUT2D eigenvalue weighted by molar-refractivity contribution is 0.483. The van der Waals surface area contributed by atoms with E-state index in [0.29, 0.717) is 43.8 Å². The highest BCUT2D eigenvalue weighted by molar-refractivity contribution is 7.85. The molecule has 7 nitrogen and oxygen atoms in total. The van der Waals surface area contributed by atoms with Gasteiger partial charge in [0, 0.05) is 21.7 Å². The molecule has 0 atom stereocenters. The molecule has 0 aliphatic heterocycles. The average Bonchev–Trinajstić information content (AvgIpc) is 2.68. The monoisotopic (exact) mass is 420 g/mol. The van der Waals surface area contributed by atoms with Crippen molar-refractivity contribution in [2.75, 3.05) is 0 Å². The van der Waals surface area contributed by atoms with Crippen LogP contribution in [0.15, 0.2) is 56.9 Å². The van der Waals surface area contributed by atoms with E-state index in [0.717, 1.165) is 11.6 Å². The summed E-state index contributed by atoms with van der Waals surface area (Å²) in [6.07, 6.45) is 0. The number of rotatable bonds is 1. The zero-order valence-electron chi connectivity index (χ0n) is 16.0. The molecule has 0 saturated carbocycles. The number of nitrogens with one attached hydrogen (secondary N) is 2. The molecular weight excluding hydrogens is 404 g/mol. The zero-order chi connectivity index (χ0) is 21.4. The normalized spacial score (nSPS) is 12.4. The summed E-state index contributed by atoms with van der Waals surface area (Å²) >= 11 is 0. The molecule has 0 radical (unpaired) electrons. The number of hydrogen-bond acceptors (Lipinski definition) is 4. The van der Waals surface area contributed by atoms with Crippen LogP contribution in [0.4, 0.5) is 0 Å². The fraction of sp³-hybridized carbons (Fsp3) is 0.0909. The van der Waals surface area contributed by atoms with Crippen LogP contribution in [0.5, 0.6) is 0 Å². The van der Waals surface area contributed by atoms with Crippen molar-refractivity contribution < 1.29 is 13.0 Å².